The monoisotopic (exact) mass is 384 g/mol. The summed E-state index contributed by atoms with van der Waals surface area (Å²) < 4.78 is 2.19. The third kappa shape index (κ3) is 5.18. The molecule has 0 amide bonds. The first kappa shape index (κ1) is 20.0. The highest BCUT2D eigenvalue weighted by Gasteiger charge is 2.21. The molecule has 2 heterocycles. The normalized spacial score (nSPS) is 15.1. The second-order valence-corrected chi connectivity index (χ2v) is 7.07. The summed E-state index contributed by atoms with van der Waals surface area (Å²) in [5, 5.41) is 13.5. The number of phenolic OH excluding ortho intramolecular Hbond substituents is 1. The Kier molecular flexibility index (Phi) is 7.17. The molecule has 0 atom stereocenters. The van der Waals surface area contributed by atoms with Crippen LogP contribution < -0.4 is 10.2 Å². The number of piperazine rings is 1. The largest absolute Gasteiger partial charge is 0.506 e. The van der Waals surface area contributed by atoms with Gasteiger partial charge in [0.25, 0.3) is 0 Å². The van der Waals surface area contributed by atoms with E-state index in [4.69, 9.17) is 4.99 Å². The Morgan fingerprint density at radius 3 is 2.64 bits per heavy atom. The van der Waals surface area contributed by atoms with E-state index in [0.717, 1.165) is 76.1 Å². The average molecular weight is 385 g/mol. The van der Waals surface area contributed by atoms with Gasteiger partial charge in [0.15, 0.2) is 5.96 Å². The van der Waals surface area contributed by atoms with Gasteiger partial charge in [0.05, 0.1) is 5.69 Å². The number of guanidine groups is 1. The van der Waals surface area contributed by atoms with E-state index in [1.165, 1.54) is 0 Å². The maximum Gasteiger partial charge on any atom is 0.194 e. The van der Waals surface area contributed by atoms with Gasteiger partial charge in [-0.1, -0.05) is 12.1 Å². The molecule has 0 spiro atoms. The Labute approximate surface area is 167 Å². The zero-order valence-corrected chi connectivity index (χ0v) is 17.0. The van der Waals surface area contributed by atoms with E-state index in [0.29, 0.717) is 5.75 Å². The van der Waals surface area contributed by atoms with Crippen LogP contribution in [-0.2, 0) is 6.54 Å². The summed E-state index contributed by atoms with van der Waals surface area (Å²) in [7, 11) is 0. The molecule has 0 saturated carbocycles. The van der Waals surface area contributed by atoms with Crippen molar-refractivity contribution >= 4 is 11.6 Å². The molecule has 1 aromatic carbocycles. The maximum absolute atomic E-state index is 10.1. The molecule has 1 fully saturated rings. The molecule has 0 unspecified atom stereocenters. The second-order valence-electron chi connectivity index (χ2n) is 7.07. The number of rotatable bonds is 7. The summed E-state index contributed by atoms with van der Waals surface area (Å²) in [6.45, 7) is 10.4. The fraction of sp³-hybridized carbons (Fsp3) is 0.524. The number of aryl methyl sites for hydroxylation is 2. The standard InChI is InChI=1S/C21H32N6O/c1-3-22-21(24-10-6-7-12-25-13-11-23-18(25)2)27-16-14-26(15-17-27)19-8-4-5-9-20(19)28/h4-5,8-9,11,13,28H,3,6-7,10,12,14-17H2,1-2H3,(H,22,24). The first-order chi connectivity index (χ1) is 13.7. The number of anilines is 1. The number of phenols is 1. The lowest BCUT2D eigenvalue weighted by atomic mass is 10.2. The number of unbranched alkanes of at least 4 members (excludes halogenated alkanes) is 1. The van der Waals surface area contributed by atoms with Crippen LogP contribution in [0.4, 0.5) is 5.69 Å². The zero-order valence-electron chi connectivity index (χ0n) is 17.0. The van der Waals surface area contributed by atoms with Crippen molar-refractivity contribution in [3.8, 4) is 5.75 Å². The van der Waals surface area contributed by atoms with Gasteiger partial charge < -0.3 is 24.8 Å². The molecule has 0 bridgehead atoms. The van der Waals surface area contributed by atoms with Crippen molar-refractivity contribution < 1.29 is 5.11 Å². The van der Waals surface area contributed by atoms with Gasteiger partial charge >= 0.3 is 0 Å². The Bertz CT molecular complexity index is 764. The van der Waals surface area contributed by atoms with Gasteiger partial charge in [-0.3, -0.25) is 4.99 Å². The number of hydrogen-bond acceptors (Lipinski definition) is 4. The summed E-state index contributed by atoms with van der Waals surface area (Å²) in [4.78, 5) is 13.7. The quantitative estimate of drug-likeness (QED) is 0.436. The minimum atomic E-state index is 0.352. The third-order valence-corrected chi connectivity index (χ3v) is 5.13. The van der Waals surface area contributed by atoms with Gasteiger partial charge in [-0.25, -0.2) is 4.98 Å². The van der Waals surface area contributed by atoms with E-state index in [2.05, 4.69) is 31.6 Å². The molecule has 1 aromatic heterocycles. The van der Waals surface area contributed by atoms with Gasteiger partial charge in [0, 0.05) is 58.2 Å². The van der Waals surface area contributed by atoms with Gasteiger partial charge in [-0.05, 0) is 38.8 Å². The Hall–Kier alpha value is -2.70. The van der Waals surface area contributed by atoms with Crippen molar-refractivity contribution in [1.29, 1.82) is 0 Å². The zero-order chi connectivity index (χ0) is 19.8. The van der Waals surface area contributed by atoms with E-state index in [1.54, 1.807) is 6.07 Å². The van der Waals surface area contributed by atoms with Crippen LogP contribution in [0.3, 0.4) is 0 Å². The number of aromatic nitrogens is 2. The lowest BCUT2D eigenvalue weighted by Gasteiger charge is -2.37. The van der Waals surface area contributed by atoms with Crippen molar-refractivity contribution in [2.75, 3.05) is 44.2 Å². The average Bonchev–Trinajstić information content (AvgIpc) is 3.12. The molecule has 2 N–H and O–H groups in total. The first-order valence-electron chi connectivity index (χ1n) is 10.2. The highest BCUT2D eigenvalue weighted by molar-refractivity contribution is 5.80. The van der Waals surface area contributed by atoms with Gasteiger partial charge in [-0.2, -0.15) is 0 Å². The van der Waals surface area contributed by atoms with Crippen molar-refractivity contribution in [2.45, 2.75) is 33.2 Å². The van der Waals surface area contributed by atoms with Crippen LogP contribution in [-0.4, -0.2) is 64.8 Å². The van der Waals surface area contributed by atoms with Crippen LogP contribution in [0.2, 0.25) is 0 Å². The van der Waals surface area contributed by atoms with Crippen LogP contribution in [0.5, 0.6) is 5.75 Å². The van der Waals surface area contributed by atoms with E-state index in [1.807, 2.05) is 37.5 Å². The molecule has 0 radical (unpaired) electrons. The Morgan fingerprint density at radius 1 is 1.18 bits per heavy atom. The van der Waals surface area contributed by atoms with Gasteiger partial charge in [0.2, 0.25) is 0 Å². The molecule has 3 rings (SSSR count). The van der Waals surface area contributed by atoms with E-state index < -0.39 is 0 Å². The fourth-order valence-electron chi connectivity index (χ4n) is 3.54. The minimum absolute atomic E-state index is 0.352. The predicted octanol–water partition coefficient (Wildman–Crippen LogP) is 2.47. The molecule has 0 aliphatic carbocycles. The summed E-state index contributed by atoms with van der Waals surface area (Å²) in [6, 6.07) is 7.56. The molecule has 1 aliphatic rings. The number of para-hydroxylation sites is 2. The van der Waals surface area contributed by atoms with Crippen LogP contribution in [0, 0.1) is 6.92 Å². The molecule has 1 aliphatic heterocycles. The van der Waals surface area contributed by atoms with Crippen LogP contribution in [0.25, 0.3) is 0 Å². The molecule has 7 heteroatoms. The van der Waals surface area contributed by atoms with Gasteiger partial charge in [0.1, 0.15) is 11.6 Å². The van der Waals surface area contributed by atoms with Crippen molar-refractivity contribution in [1.82, 2.24) is 19.8 Å². The summed E-state index contributed by atoms with van der Waals surface area (Å²) in [5.74, 6) is 2.42. The molecule has 1 saturated heterocycles. The Morgan fingerprint density at radius 2 is 1.96 bits per heavy atom. The van der Waals surface area contributed by atoms with Crippen LogP contribution in [0.1, 0.15) is 25.6 Å². The maximum atomic E-state index is 10.1. The summed E-state index contributed by atoms with van der Waals surface area (Å²) in [6.07, 6.45) is 6.05. The van der Waals surface area contributed by atoms with Crippen molar-refractivity contribution in [3.05, 3.63) is 42.5 Å². The van der Waals surface area contributed by atoms with E-state index in [9.17, 15) is 5.11 Å². The lowest BCUT2D eigenvalue weighted by Crippen LogP contribution is -2.52. The molecule has 152 valence electrons. The highest BCUT2D eigenvalue weighted by atomic mass is 16.3. The summed E-state index contributed by atoms with van der Waals surface area (Å²) in [5.41, 5.74) is 0.916. The lowest BCUT2D eigenvalue weighted by molar-refractivity contribution is 0.369. The molecule has 7 nitrogen and oxygen atoms in total. The Balaban J connectivity index is 1.48. The second kappa shape index (κ2) is 10.0. The number of imidazole rings is 1. The number of nitrogens with zero attached hydrogens (tertiary/aromatic N) is 5. The van der Waals surface area contributed by atoms with Gasteiger partial charge in [-0.15, -0.1) is 0 Å². The number of benzene rings is 1. The minimum Gasteiger partial charge on any atom is -0.506 e. The fourth-order valence-corrected chi connectivity index (χ4v) is 3.54. The van der Waals surface area contributed by atoms with Crippen molar-refractivity contribution in [3.63, 3.8) is 0 Å². The van der Waals surface area contributed by atoms with Crippen LogP contribution >= 0.6 is 0 Å². The topological polar surface area (TPSA) is 68.9 Å². The number of hydrogen-bond donors (Lipinski definition) is 2. The smallest absolute Gasteiger partial charge is 0.194 e. The predicted molar refractivity (Wildman–Crippen MR) is 114 cm³/mol. The highest BCUT2D eigenvalue weighted by Crippen LogP contribution is 2.27. The number of nitrogens with one attached hydrogen (secondary N) is 1. The first-order valence-corrected chi connectivity index (χ1v) is 10.2. The van der Waals surface area contributed by atoms with Crippen molar-refractivity contribution in [2.24, 2.45) is 4.99 Å². The number of aromatic hydroxyl groups is 1. The van der Waals surface area contributed by atoms with Crippen LogP contribution in [0.15, 0.2) is 41.7 Å². The molecular formula is C21H32N6O. The van der Waals surface area contributed by atoms with E-state index >= 15 is 0 Å². The van der Waals surface area contributed by atoms with E-state index in [-0.39, 0.29) is 0 Å². The summed E-state index contributed by atoms with van der Waals surface area (Å²) >= 11 is 0. The third-order valence-electron chi connectivity index (χ3n) is 5.13. The molecular weight excluding hydrogens is 352 g/mol. The number of aliphatic imine (C=N–C) groups is 1. The molecule has 2 aromatic rings. The molecule has 28 heavy (non-hydrogen) atoms. The SMILES string of the molecule is CCNC(=NCCCCn1ccnc1C)N1CCN(c2ccccc2O)CC1.